The lowest BCUT2D eigenvalue weighted by molar-refractivity contribution is -0.144. The van der Waals surface area contributed by atoms with Crippen LogP contribution in [0.5, 0.6) is 0 Å². The standard InChI is InChI=1S/C15H22N2O3S2/c1-5-10-8-11-13(22-10)16-15(21-4)17(14(11)18)9-12(19-6-2)20-7-3/h8,12H,5-7,9H2,1-4H3. The van der Waals surface area contributed by atoms with E-state index in [1.54, 1.807) is 15.9 Å². The lowest BCUT2D eigenvalue weighted by Gasteiger charge is -2.19. The molecular weight excluding hydrogens is 320 g/mol. The molecular formula is C15H22N2O3S2. The first-order valence-electron chi connectivity index (χ1n) is 7.44. The third-order valence-electron chi connectivity index (χ3n) is 3.23. The molecule has 0 aliphatic carbocycles. The number of ether oxygens (including phenoxy) is 2. The van der Waals surface area contributed by atoms with Crippen molar-refractivity contribution in [3.63, 3.8) is 0 Å². The van der Waals surface area contributed by atoms with E-state index >= 15 is 0 Å². The largest absolute Gasteiger partial charge is 0.351 e. The Morgan fingerprint density at radius 3 is 2.55 bits per heavy atom. The van der Waals surface area contributed by atoms with Crippen molar-refractivity contribution in [3.8, 4) is 0 Å². The van der Waals surface area contributed by atoms with Gasteiger partial charge >= 0.3 is 0 Å². The van der Waals surface area contributed by atoms with Crippen LogP contribution in [0, 0.1) is 0 Å². The second kappa shape index (κ2) is 8.10. The highest BCUT2D eigenvalue weighted by atomic mass is 32.2. The zero-order valence-electron chi connectivity index (χ0n) is 13.4. The number of thiophene rings is 1. The highest BCUT2D eigenvalue weighted by Gasteiger charge is 2.17. The number of aryl methyl sites for hydroxylation is 1. The van der Waals surface area contributed by atoms with Gasteiger partial charge in [0.2, 0.25) is 0 Å². The maximum absolute atomic E-state index is 12.8. The van der Waals surface area contributed by atoms with Crippen LogP contribution in [0.2, 0.25) is 0 Å². The minimum absolute atomic E-state index is 0.0188. The van der Waals surface area contributed by atoms with Crippen LogP contribution in [-0.4, -0.2) is 35.3 Å². The maximum atomic E-state index is 12.8. The Kier molecular flexibility index (Phi) is 6.43. The molecule has 0 spiro atoms. The normalized spacial score (nSPS) is 11.7. The number of fused-ring (bicyclic) bond motifs is 1. The molecule has 0 unspecified atom stereocenters. The fourth-order valence-electron chi connectivity index (χ4n) is 2.21. The quantitative estimate of drug-likeness (QED) is 0.419. The Morgan fingerprint density at radius 2 is 2.00 bits per heavy atom. The summed E-state index contributed by atoms with van der Waals surface area (Å²) in [5.74, 6) is 0. The maximum Gasteiger partial charge on any atom is 0.263 e. The average Bonchev–Trinajstić information content (AvgIpc) is 2.93. The molecule has 2 aromatic heterocycles. The molecule has 0 radical (unpaired) electrons. The highest BCUT2D eigenvalue weighted by molar-refractivity contribution is 7.98. The zero-order valence-corrected chi connectivity index (χ0v) is 15.1. The van der Waals surface area contributed by atoms with E-state index in [1.165, 1.54) is 16.6 Å². The van der Waals surface area contributed by atoms with Gasteiger partial charge in [-0.1, -0.05) is 18.7 Å². The molecule has 0 saturated carbocycles. The topological polar surface area (TPSA) is 53.4 Å². The SMILES string of the molecule is CCOC(Cn1c(SC)nc2sc(CC)cc2c1=O)OCC. The average molecular weight is 342 g/mol. The molecule has 0 atom stereocenters. The van der Waals surface area contributed by atoms with Gasteiger partial charge in [-0.2, -0.15) is 0 Å². The molecule has 2 aromatic rings. The first kappa shape index (κ1) is 17.5. The molecule has 22 heavy (non-hydrogen) atoms. The van der Waals surface area contributed by atoms with E-state index in [0.717, 1.165) is 11.3 Å². The molecule has 0 saturated heterocycles. The van der Waals surface area contributed by atoms with Crippen LogP contribution < -0.4 is 5.56 Å². The summed E-state index contributed by atoms with van der Waals surface area (Å²) in [4.78, 5) is 19.4. The molecule has 0 aliphatic heterocycles. The van der Waals surface area contributed by atoms with Gasteiger partial charge in [-0.3, -0.25) is 9.36 Å². The second-order valence-electron chi connectivity index (χ2n) is 4.64. The molecule has 0 fully saturated rings. The van der Waals surface area contributed by atoms with Crippen molar-refractivity contribution < 1.29 is 9.47 Å². The smallest absolute Gasteiger partial charge is 0.263 e. The minimum atomic E-state index is -0.429. The lowest BCUT2D eigenvalue weighted by Crippen LogP contribution is -2.31. The van der Waals surface area contributed by atoms with Crippen molar-refractivity contribution in [3.05, 3.63) is 21.3 Å². The van der Waals surface area contributed by atoms with Crippen molar-refractivity contribution in [2.75, 3.05) is 19.5 Å². The Bertz CT molecular complexity index is 675. The summed E-state index contributed by atoms with van der Waals surface area (Å²) in [5, 5.41) is 1.39. The number of hydrogen-bond acceptors (Lipinski definition) is 6. The minimum Gasteiger partial charge on any atom is -0.351 e. The monoisotopic (exact) mass is 342 g/mol. The lowest BCUT2D eigenvalue weighted by atomic mass is 10.3. The Balaban J connectivity index is 2.46. The van der Waals surface area contributed by atoms with Gasteiger partial charge in [-0.15, -0.1) is 11.3 Å². The van der Waals surface area contributed by atoms with Crippen LogP contribution in [0.3, 0.4) is 0 Å². The number of aromatic nitrogens is 2. The van der Waals surface area contributed by atoms with E-state index in [4.69, 9.17) is 9.47 Å². The fraction of sp³-hybridized carbons (Fsp3) is 0.600. The van der Waals surface area contributed by atoms with Crippen LogP contribution in [0.15, 0.2) is 16.0 Å². The number of nitrogens with zero attached hydrogens (tertiary/aromatic N) is 2. The van der Waals surface area contributed by atoms with Gasteiger partial charge in [0.05, 0.1) is 11.9 Å². The highest BCUT2D eigenvalue weighted by Crippen LogP contribution is 2.24. The van der Waals surface area contributed by atoms with Gasteiger partial charge in [0.25, 0.3) is 5.56 Å². The van der Waals surface area contributed by atoms with Crippen LogP contribution in [0.1, 0.15) is 25.6 Å². The first-order valence-corrected chi connectivity index (χ1v) is 9.49. The molecule has 0 amide bonds. The third kappa shape index (κ3) is 3.71. The van der Waals surface area contributed by atoms with E-state index in [9.17, 15) is 4.79 Å². The van der Waals surface area contributed by atoms with Gasteiger partial charge in [0.1, 0.15) is 4.83 Å². The number of rotatable bonds is 8. The second-order valence-corrected chi connectivity index (χ2v) is 6.53. The summed E-state index contributed by atoms with van der Waals surface area (Å²) in [6.07, 6.45) is 2.41. The summed E-state index contributed by atoms with van der Waals surface area (Å²) in [7, 11) is 0. The van der Waals surface area contributed by atoms with Gasteiger partial charge in [0.15, 0.2) is 11.4 Å². The zero-order chi connectivity index (χ0) is 16.1. The van der Waals surface area contributed by atoms with Crippen molar-refractivity contribution in [1.82, 2.24) is 9.55 Å². The van der Waals surface area contributed by atoms with Crippen LogP contribution in [0.4, 0.5) is 0 Å². The van der Waals surface area contributed by atoms with Crippen molar-refractivity contribution in [2.45, 2.75) is 45.2 Å². The van der Waals surface area contributed by atoms with Crippen molar-refractivity contribution in [1.29, 1.82) is 0 Å². The van der Waals surface area contributed by atoms with E-state index in [-0.39, 0.29) is 5.56 Å². The molecule has 2 heterocycles. The van der Waals surface area contributed by atoms with Gasteiger partial charge in [0, 0.05) is 18.1 Å². The first-order chi connectivity index (χ1) is 10.6. The van der Waals surface area contributed by atoms with Gasteiger partial charge in [-0.05, 0) is 32.6 Å². The van der Waals surface area contributed by atoms with E-state index < -0.39 is 6.29 Å². The molecule has 2 rings (SSSR count). The predicted molar refractivity (Wildman–Crippen MR) is 92.1 cm³/mol. The van der Waals surface area contributed by atoms with Crippen molar-refractivity contribution >= 4 is 33.3 Å². The van der Waals surface area contributed by atoms with Crippen LogP contribution in [-0.2, 0) is 22.4 Å². The number of hydrogen-bond donors (Lipinski definition) is 0. The molecule has 7 heteroatoms. The Morgan fingerprint density at radius 1 is 1.32 bits per heavy atom. The Hall–Kier alpha value is -0.890. The van der Waals surface area contributed by atoms with Crippen LogP contribution >= 0.6 is 23.1 Å². The predicted octanol–water partition coefficient (Wildman–Crippen LogP) is 3.14. The van der Waals surface area contributed by atoms with Crippen molar-refractivity contribution in [2.24, 2.45) is 0 Å². The molecule has 0 N–H and O–H groups in total. The molecule has 0 bridgehead atoms. The van der Waals surface area contributed by atoms with Gasteiger partial charge in [-0.25, -0.2) is 4.98 Å². The van der Waals surface area contributed by atoms with Gasteiger partial charge < -0.3 is 9.47 Å². The third-order valence-corrected chi connectivity index (χ3v) is 5.09. The molecule has 122 valence electrons. The van der Waals surface area contributed by atoms with E-state index in [0.29, 0.717) is 30.3 Å². The summed E-state index contributed by atoms with van der Waals surface area (Å²) < 4.78 is 12.8. The van der Waals surface area contributed by atoms with E-state index in [1.807, 2.05) is 26.2 Å². The summed E-state index contributed by atoms with van der Waals surface area (Å²) in [6.45, 7) is 7.36. The number of thioether (sulfide) groups is 1. The molecule has 0 aliphatic rings. The molecule has 5 nitrogen and oxygen atoms in total. The fourth-order valence-corrected chi connectivity index (χ4v) is 3.79. The van der Waals surface area contributed by atoms with Crippen LogP contribution in [0.25, 0.3) is 10.2 Å². The summed E-state index contributed by atoms with van der Waals surface area (Å²) >= 11 is 3.06. The summed E-state index contributed by atoms with van der Waals surface area (Å²) in [6, 6.07) is 1.95. The Labute approximate surface area is 138 Å². The molecule has 0 aromatic carbocycles. The van der Waals surface area contributed by atoms with E-state index in [2.05, 4.69) is 11.9 Å². The summed E-state index contributed by atoms with van der Waals surface area (Å²) in [5.41, 5.74) is -0.0188.